The van der Waals surface area contributed by atoms with Crippen LogP contribution in [0.1, 0.15) is 21.7 Å². The number of aromatic hydroxyl groups is 1. The molecule has 4 nitrogen and oxygen atoms in total. The minimum Gasteiger partial charge on any atom is -0.507 e. The number of halogens is 1. The second kappa shape index (κ2) is 5.76. The van der Waals surface area contributed by atoms with E-state index >= 15 is 0 Å². The summed E-state index contributed by atoms with van der Waals surface area (Å²) in [4.78, 5) is 12.2. The summed E-state index contributed by atoms with van der Waals surface area (Å²) in [5, 5.41) is 18.6. The molecule has 0 aliphatic heterocycles. The lowest BCUT2D eigenvalue weighted by atomic mass is 10.0. The van der Waals surface area contributed by atoms with E-state index in [1.807, 2.05) is 6.07 Å². The highest BCUT2D eigenvalue weighted by Gasteiger charge is 2.16. The maximum absolute atomic E-state index is 12.2. The monoisotopic (exact) mass is 331 g/mol. The summed E-state index contributed by atoms with van der Waals surface area (Å²) in [5.74, 6) is 0.184. The number of nitriles is 1. The van der Waals surface area contributed by atoms with Crippen molar-refractivity contribution in [3.63, 3.8) is 0 Å². The molecule has 0 bridgehead atoms. The molecule has 100 valence electrons. The molecule has 0 spiro atoms. The van der Waals surface area contributed by atoms with E-state index in [-0.39, 0.29) is 17.1 Å². The minimum atomic E-state index is -0.386. The molecule has 0 radical (unpaired) electrons. The third-order valence-corrected chi connectivity index (χ3v) is 3.39. The van der Waals surface area contributed by atoms with Crippen molar-refractivity contribution in [2.24, 2.45) is 0 Å². The van der Waals surface area contributed by atoms with Crippen LogP contribution in [0.25, 0.3) is 6.08 Å². The Morgan fingerprint density at radius 2 is 2.20 bits per heavy atom. The molecule has 0 saturated carbocycles. The van der Waals surface area contributed by atoms with Crippen molar-refractivity contribution in [2.45, 2.75) is 6.92 Å². The lowest BCUT2D eigenvalue weighted by Gasteiger charge is -2.00. The maximum Gasteiger partial charge on any atom is 0.207 e. The Kier molecular flexibility index (Phi) is 4.06. The number of nitrogens with zero attached hydrogens (tertiary/aromatic N) is 1. The van der Waals surface area contributed by atoms with Gasteiger partial charge in [0.2, 0.25) is 5.78 Å². The number of ketones is 1. The van der Waals surface area contributed by atoms with E-state index in [9.17, 15) is 9.90 Å². The van der Waals surface area contributed by atoms with E-state index in [0.29, 0.717) is 21.4 Å². The summed E-state index contributed by atoms with van der Waals surface area (Å²) >= 11 is 3.18. The predicted octanol–water partition coefficient (Wildman–Crippen LogP) is 3.85. The van der Waals surface area contributed by atoms with Crippen LogP contribution < -0.4 is 0 Å². The fourth-order valence-electron chi connectivity index (χ4n) is 1.69. The molecule has 2 aromatic rings. The summed E-state index contributed by atoms with van der Waals surface area (Å²) in [5.41, 5.74) is 1.02. The largest absolute Gasteiger partial charge is 0.507 e. The first-order valence-electron chi connectivity index (χ1n) is 5.72. The maximum atomic E-state index is 12.2. The average Bonchev–Trinajstić information content (AvgIpc) is 2.85. The zero-order chi connectivity index (χ0) is 14.7. The third kappa shape index (κ3) is 2.81. The van der Waals surface area contributed by atoms with Gasteiger partial charge in [-0.2, -0.15) is 5.26 Å². The number of phenolic OH excluding ortho intramolecular Hbond substituents is 1. The molecule has 1 heterocycles. The Labute approximate surface area is 124 Å². The van der Waals surface area contributed by atoms with E-state index in [1.165, 1.54) is 24.5 Å². The summed E-state index contributed by atoms with van der Waals surface area (Å²) < 4.78 is 5.56. The zero-order valence-corrected chi connectivity index (χ0v) is 12.1. The molecule has 1 aromatic heterocycles. The Morgan fingerprint density at radius 3 is 2.75 bits per heavy atom. The Bertz CT molecular complexity index is 738. The van der Waals surface area contributed by atoms with Crippen LogP contribution in [0, 0.1) is 18.3 Å². The number of carbonyl (C=O) groups excluding carboxylic acids is 1. The first-order valence-corrected chi connectivity index (χ1v) is 6.51. The van der Waals surface area contributed by atoms with Crippen LogP contribution in [0.15, 0.2) is 45.0 Å². The molecule has 0 amide bonds. The van der Waals surface area contributed by atoms with E-state index in [2.05, 4.69) is 15.9 Å². The Balaban J connectivity index is 2.40. The number of aryl methyl sites for hydroxylation is 1. The summed E-state index contributed by atoms with van der Waals surface area (Å²) in [6.07, 6.45) is 2.88. The molecule has 20 heavy (non-hydrogen) atoms. The van der Waals surface area contributed by atoms with Gasteiger partial charge in [-0.1, -0.05) is 6.07 Å². The molecule has 0 aliphatic rings. The molecule has 2 rings (SSSR count). The van der Waals surface area contributed by atoms with Gasteiger partial charge in [-0.05, 0) is 52.7 Å². The minimum absolute atomic E-state index is 0.00656. The molecule has 5 heteroatoms. The molecule has 0 atom stereocenters. The van der Waals surface area contributed by atoms with Crippen molar-refractivity contribution in [1.29, 1.82) is 5.26 Å². The normalized spacial score (nSPS) is 11.2. The first kappa shape index (κ1) is 14.1. The van der Waals surface area contributed by atoms with Gasteiger partial charge in [-0.25, -0.2) is 0 Å². The second-order valence-electron chi connectivity index (χ2n) is 4.10. The molecule has 1 N–H and O–H groups in total. The quantitative estimate of drug-likeness (QED) is 0.526. The van der Waals surface area contributed by atoms with Gasteiger partial charge in [-0.3, -0.25) is 4.79 Å². The van der Waals surface area contributed by atoms with Crippen LogP contribution in [0.4, 0.5) is 0 Å². The molecule has 0 saturated heterocycles. The van der Waals surface area contributed by atoms with Gasteiger partial charge >= 0.3 is 0 Å². The molecule has 0 unspecified atom stereocenters. The standard InChI is InChI=1S/C15H10BrNO3/c1-9-12(4-5-20-9)15(19)11(8-17)6-10-2-3-14(18)13(16)7-10/h2-7,18H,1H3/b11-6+. The zero-order valence-electron chi connectivity index (χ0n) is 10.6. The molecular weight excluding hydrogens is 322 g/mol. The van der Waals surface area contributed by atoms with Gasteiger partial charge in [0.1, 0.15) is 23.2 Å². The van der Waals surface area contributed by atoms with Gasteiger partial charge in [-0.15, -0.1) is 0 Å². The third-order valence-electron chi connectivity index (χ3n) is 2.75. The van der Waals surface area contributed by atoms with Crippen molar-refractivity contribution < 1.29 is 14.3 Å². The number of carbonyl (C=O) groups is 1. The number of hydrogen-bond donors (Lipinski definition) is 1. The highest BCUT2D eigenvalue weighted by Crippen LogP contribution is 2.25. The highest BCUT2D eigenvalue weighted by molar-refractivity contribution is 9.10. The number of furan rings is 1. The first-order chi connectivity index (χ1) is 9.52. The number of phenols is 1. The topological polar surface area (TPSA) is 74.2 Å². The van der Waals surface area contributed by atoms with Crippen LogP contribution in [0.2, 0.25) is 0 Å². The number of allylic oxidation sites excluding steroid dienone is 1. The van der Waals surface area contributed by atoms with E-state index < -0.39 is 0 Å². The van der Waals surface area contributed by atoms with Crippen LogP contribution in [-0.4, -0.2) is 10.9 Å². The summed E-state index contributed by atoms with van der Waals surface area (Å²) in [6, 6.07) is 8.16. The van der Waals surface area contributed by atoms with Gasteiger partial charge < -0.3 is 9.52 Å². The molecular formula is C15H10BrNO3. The lowest BCUT2D eigenvalue weighted by molar-refractivity contribution is 0.103. The highest BCUT2D eigenvalue weighted by atomic mass is 79.9. The smallest absolute Gasteiger partial charge is 0.207 e. The van der Waals surface area contributed by atoms with Crippen molar-refractivity contribution in [2.75, 3.05) is 0 Å². The van der Waals surface area contributed by atoms with Gasteiger partial charge in [0.25, 0.3) is 0 Å². The van der Waals surface area contributed by atoms with Gasteiger partial charge in [0.05, 0.1) is 16.3 Å². The fraction of sp³-hybridized carbons (Fsp3) is 0.0667. The summed E-state index contributed by atoms with van der Waals surface area (Å²) in [6.45, 7) is 1.67. The van der Waals surface area contributed by atoms with Crippen molar-refractivity contribution in [3.05, 3.63) is 57.5 Å². The van der Waals surface area contributed by atoms with Crippen LogP contribution in [0.3, 0.4) is 0 Å². The van der Waals surface area contributed by atoms with Crippen molar-refractivity contribution >= 4 is 27.8 Å². The fourth-order valence-corrected chi connectivity index (χ4v) is 2.09. The molecule has 0 fully saturated rings. The van der Waals surface area contributed by atoms with Crippen LogP contribution in [0.5, 0.6) is 5.75 Å². The molecule has 0 aliphatic carbocycles. The summed E-state index contributed by atoms with van der Waals surface area (Å²) in [7, 11) is 0. The molecule has 1 aromatic carbocycles. The van der Waals surface area contributed by atoms with E-state index in [0.717, 1.165) is 0 Å². The van der Waals surface area contributed by atoms with Crippen LogP contribution in [-0.2, 0) is 0 Å². The SMILES string of the molecule is Cc1occc1C(=O)/C(C#N)=C/c1ccc(O)c(Br)c1. The predicted molar refractivity (Wildman–Crippen MR) is 77.2 cm³/mol. The number of rotatable bonds is 3. The lowest BCUT2D eigenvalue weighted by Crippen LogP contribution is -2.02. The van der Waals surface area contributed by atoms with E-state index in [4.69, 9.17) is 9.68 Å². The number of Topliss-reactive ketones (excluding diaryl/α,β-unsaturated/α-hetero) is 1. The van der Waals surface area contributed by atoms with Crippen molar-refractivity contribution in [1.82, 2.24) is 0 Å². The second-order valence-corrected chi connectivity index (χ2v) is 4.95. The Morgan fingerprint density at radius 1 is 1.45 bits per heavy atom. The Hall–Kier alpha value is -2.32. The van der Waals surface area contributed by atoms with Crippen LogP contribution >= 0.6 is 15.9 Å². The van der Waals surface area contributed by atoms with Crippen molar-refractivity contribution in [3.8, 4) is 11.8 Å². The number of benzene rings is 1. The number of hydrogen-bond acceptors (Lipinski definition) is 4. The van der Waals surface area contributed by atoms with Gasteiger partial charge in [0.15, 0.2) is 0 Å². The average molecular weight is 332 g/mol. The van der Waals surface area contributed by atoms with Gasteiger partial charge in [0, 0.05) is 0 Å². The van der Waals surface area contributed by atoms with E-state index in [1.54, 1.807) is 19.1 Å².